The molecule has 1 aromatic carbocycles. The fourth-order valence-corrected chi connectivity index (χ4v) is 1.69. The Morgan fingerprint density at radius 2 is 2.20 bits per heavy atom. The second-order valence-electron chi connectivity index (χ2n) is 3.42. The van der Waals surface area contributed by atoms with Crippen molar-refractivity contribution in [3.63, 3.8) is 0 Å². The first kappa shape index (κ1) is 8.31. The molecule has 2 aromatic rings. The van der Waals surface area contributed by atoms with E-state index in [9.17, 15) is 0 Å². The number of nitrogens with zero attached hydrogens (tertiary/aromatic N) is 3. The zero-order valence-electron chi connectivity index (χ0n) is 8.09. The first-order valence-electron chi connectivity index (χ1n) is 4.77. The molecule has 3 rings (SSSR count). The number of aromatic amines is 1. The largest absolute Gasteiger partial charge is 0.323 e. The molecule has 0 saturated carbocycles. The third-order valence-electron chi connectivity index (χ3n) is 2.44. The van der Waals surface area contributed by atoms with Crippen molar-refractivity contribution in [2.24, 2.45) is 5.84 Å². The van der Waals surface area contributed by atoms with Gasteiger partial charge >= 0.3 is 0 Å². The van der Waals surface area contributed by atoms with Gasteiger partial charge in [0.05, 0.1) is 17.6 Å². The number of hydrazine groups is 2. The van der Waals surface area contributed by atoms with Crippen LogP contribution in [0.5, 0.6) is 0 Å². The number of fused-ring (bicyclic) bond motifs is 1. The average molecular weight is 201 g/mol. The van der Waals surface area contributed by atoms with Gasteiger partial charge in [0.1, 0.15) is 0 Å². The summed E-state index contributed by atoms with van der Waals surface area (Å²) in [5.74, 6) is 6.51. The van der Waals surface area contributed by atoms with E-state index in [1.54, 1.807) is 0 Å². The molecule has 1 aromatic heterocycles. The summed E-state index contributed by atoms with van der Waals surface area (Å²) in [5, 5.41) is 3.39. The van der Waals surface area contributed by atoms with Crippen LogP contribution >= 0.6 is 0 Å². The molecule has 15 heavy (non-hydrogen) atoms. The normalized spacial score (nSPS) is 15.5. The molecule has 0 aliphatic carbocycles. The quantitative estimate of drug-likeness (QED) is 0.675. The van der Waals surface area contributed by atoms with Crippen LogP contribution in [-0.4, -0.2) is 21.6 Å². The molecule has 0 saturated heterocycles. The van der Waals surface area contributed by atoms with Gasteiger partial charge in [-0.15, -0.1) is 0 Å². The molecule has 1 aliphatic heterocycles. The van der Waals surface area contributed by atoms with E-state index in [1.807, 2.05) is 41.6 Å². The Labute approximate surface area is 86.7 Å². The number of nitrogens with one attached hydrogen (secondary N) is 1. The van der Waals surface area contributed by atoms with Crippen molar-refractivity contribution >= 4 is 17.0 Å². The van der Waals surface area contributed by atoms with Crippen LogP contribution in [0, 0.1) is 0 Å². The van der Waals surface area contributed by atoms with Crippen LogP contribution in [0.4, 0.5) is 5.95 Å². The lowest BCUT2D eigenvalue weighted by Crippen LogP contribution is -2.40. The van der Waals surface area contributed by atoms with E-state index >= 15 is 0 Å². The summed E-state index contributed by atoms with van der Waals surface area (Å²) in [6, 6.07) is 7.91. The summed E-state index contributed by atoms with van der Waals surface area (Å²) in [5.41, 5.74) is 1.97. The highest BCUT2D eigenvalue weighted by Crippen LogP contribution is 2.19. The molecule has 2 heterocycles. The van der Waals surface area contributed by atoms with Crippen LogP contribution in [0.3, 0.4) is 0 Å². The van der Waals surface area contributed by atoms with Crippen molar-refractivity contribution in [3.8, 4) is 0 Å². The SMILES string of the molecule is NN1C=CCN1c1nc2ccccc2[nH]1. The third-order valence-corrected chi connectivity index (χ3v) is 2.44. The first-order chi connectivity index (χ1) is 7.34. The highest BCUT2D eigenvalue weighted by Gasteiger charge is 2.16. The number of imidazole rings is 1. The maximum atomic E-state index is 5.75. The van der Waals surface area contributed by atoms with Crippen LogP contribution in [0.2, 0.25) is 0 Å². The molecule has 0 bridgehead atoms. The van der Waals surface area contributed by atoms with Crippen molar-refractivity contribution < 1.29 is 0 Å². The number of aromatic nitrogens is 2. The van der Waals surface area contributed by atoms with Gasteiger partial charge in [-0.1, -0.05) is 12.1 Å². The summed E-state index contributed by atoms with van der Waals surface area (Å²) in [6.07, 6.45) is 3.79. The van der Waals surface area contributed by atoms with Gasteiger partial charge in [-0.25, -0.2) is 21.0 Å². The number of benzene rings is 1. The molecule has 0 atom stereocenters. The summed E-state index contributed by atoms with van der Waals surface area (Å²) < 4.78 is 0. The lowest BCUT2D eigenvalue weighted by Gasteiger charge is -2.23. The van der Waals surface area contributed by atoms with Gasteiger partial charge in [-0.3, -0.25) is 0 Å². The Morgan fingerprint density at radius 1 is 1.33 bits per heavy atom. The maximum Gasteiger partial charge on any atom is 0.224 e. The molecule has 0 radical (unpaired) electrons. The van der Waals surface area contributed by atoms with Crippen molar-refractivity contribution in [2.75, 3.05) is 11.6 Å². The maximum absolute atomic E-state index is 5.75. The Bertz CT molecular complexity index is 482. The Hall–Kier alpha value is -2.01. The highest BCUT2D eigenvalue weighted by molar-refractivity contribution is 5.77. The summed E-state index contributed by atoms with van der Waals surface area (Å²) in [6.45, 7) is 0.746. The van der Waals surface area contributed by atoms with Gasteiger partial charge < -0.3 is 4.98 Å². The number of para-hydroxylation sites is 2. The summed E-state index contributed by atoms with van der Waals surface area (Å²) in [7, 11) is 0. The number of hydrogen-bond donors (Lipinski definition) is 2. The van der Waals surface area contributed by atoms with Crippen molar-refractivity contribution in [2.45, 2.75) is 0 Å². The Morgan fingerprint density at radius 3 is 2.93 bits per heavy atom. The summed E-state index contributed by atoms with van der Waals surface area (Å²) >= 11 is 0. The van der Waals surface area contributed by atoms with Crippen molar-refractivity contribution in [1.29, 1.82) is 0 Å². The second kappa shape index (κ2) is 2.99. The van der Waals surface area contributed by atoms with Crippen LogP contribution in [0.1, 0.15) is 0 Å². The van der Waals surface area contributed by atoms with E-state index in [-0.39, 0.29) is 0 Å². The van der Waals surface area contributed by atoms with Crippen LogP contribution in [-0.2, 0) is 0 Å². The minimum absolute atomic E-state index is 0.746. The van der Waals surface area contributed by atoms with Gasteiger partial charge in [-0.05, 0) is 18.2 Å². The zero-order chi connectivity index (χ0) is 10.3. The standard InChI is InChI=1S/C10H11N5/c11-15-7-3-6-14(15)10-12-8-4-1-2-5-9(8)13-10/h1-5,7H,6,11H2,(H,12,13). The summed E-state index contributed by atoms with van der Waals surface area (Å²) in [4.78, 5) is 7.67. The molecule has 0 amide bonds. The Kier molecular flexibility index (Phi) is 1.66. The molecule has 5 heteroatoms. The highest BCUT2D eigenvalue weighted by atomic mass is 15.8. The van der Waals surface area contributed by atoms with Gasteiger partial charge in [0, 0.05) is 6.20 Å². The van der Waals surface area contributed by atoms with Gasteiger partial charge in [-0.2, -0.15) is 0 Å². The lowest BCUT2D eigenvalue weighted by atomic mass is 10.3. The van der Waals surface area contributed by atoms with Crippen LogP contribution in [0.25, 0.3) is 11.0 Å². The second-order valence-corrected chi connectivity index (χ2v) is 3.42. The number of anilines is 1. The van der Waals surface area contributed by atoms with E-state index in [4.69, 9.17) is 5.84 Å². The Balaban J connectivity index is 2.05. The fraction of sp³-hybridized carbons (Fsp3) is 0.100. The molecule has 3 N–H and O–H groups in total. The van der Waals surface area contributed by atoms with Gasteiger partial charge in [0.25, 0.3) is 0 Å². The van der Waals surface area contributed by atoms with Crippen molar-refractivity contribution in [1.82, 2.24) is 15.1 Å². The molecule has 0 unspecified atom stereocenters. The number of hydrogen-bond acceptors (Lipinski definition) is 4. The monoisotopic (exact) mass is 201 g/mol. The zero-order valence-corrected chi connectivity index (χ0v) is 8.09. The molecule has 5 nitrogen and oxygen atoms in total. The van der Waals surface area contributed by atoms with Crippen LogP contribution < -0.4 is 10.9 Å². The smallest absolute Gasteiger partial charge is 0.224 e. The molecular formula is C10H11N5. The molecule has 1 aliphatic rings. The molecular weight excluding hydrogens is 190 g/mol. The average Bonchev–Trinajstić information content (AvgIpc) is 2.82. The van der Waals surface area contributed by atoms with E-state index < -0.39 is 0 Å². The molecule has 0 fully saturated rings. The van der Waals surface area contributed by atoms with Crippen LogP contribution in [0.15, 0.2) is 36.5 Å². The predicted octanol–water partition coefficient (Wildman–Crippen LogP) is 0.987. The minimum Gasteiger partial charge on any atom is -0.323 e. The van der Waals surface area contributed by atoms with Crippen molar-refractivity contribution in [3.05, 3.63) is 36.5 Å². The number of nitrogens with two attached hydrogens (primary N) is 1. The molecule has 76 valence electrons. The third kappa shape index (κ3) is 1.25. The topological polar surface area (TPSA) is 61.2 Å². The van der Waals surface area contributed by atoms with Gasteiger partial charge in [0.2, 0.25) is 5.95 Å². The van der Waals surface area contributed by atoms with E-state index in [0.717, 1.165) is 23.5 Å². The van der Waals surface area contributed by atoms with E-state index in [0.29, 0.717) is 0 Å². The van der Waals surface area contributed by atoms with E-state index in [2.05, 4.69) is 9.97 Å². The van der Waals surface area contributed by atoms with E-state index in [1.165, 1.54) is 5.12 Å². The predicted molar refractivity (Wildman–Crippen MR) is 58.6 cm³/mol. The number of rotatable bonds is 1. The van der Waals surface area contributed by atoms with Gasteiger partial charge in [0.15, 0.2) is 0 Å². The first-order valence-corrected chi connectivity index (χ1v) is 4.77. The fourth-order valence-electron chi connectivity index (χ4n) is 1.69. The molecule has 0 spiro atoms. The lowest BCUT2D eigenvalue weighted by molar-refractivity contribution is 0.386. The number of H-pyrrole nitrogens is 1. The minimum atomic E-state index is 0.746.